The van der Waals surface area contributed by atoms with Crippen LogP contribution in [-0.4, -0.2) is 0 Å². The molecule has 1 nitrogen and oxygen atoms in total. The fourth-order valence-corrected chi connectivity index (χ4v) is 8.98. The normalized spacial score (nSPS) is 18.7. The molecule has 0 heterocycles. The topological polar surface area (TPSA) is 3.24 Å². The van der Waals surface area contributed by atoms with Gasteiger partial charge in [-0.3, -0.25) is 0 Å². The SMILES string of the molecule is CC1(C)c2ccccc2C2=CC=C(c3cc(N(C4=CC=C(C5=CC=CCC5)CC4)c4ccc(-c5ccccc5)cc4)ccc3-c3ccccc3)CC21. The summed E-state index contributed by atoms with van der Waals surface area (Å²) in [5.74, 6) is 0.437. The molecule has 0 fully saturated rings. The van der Waals surface area contributed by atoms with E-state index in [-0.39, 0.29) is 5.41 Å². The number of hydrogen-bond donors (Lipinski definition) is 0. The third-order valence-electron chi connectivity index (χ3n) is 11.8. The van der Waals surface area contributed by atoms with Gasteiger partial charge in [0.25, 0.3) is 0 Å². The van der Waals surface area contributed by atoms with E-state index < -0.39 is 0 Å². The molecule has 52 heavy (non-hydrogen) atoms. The maximum Gasteiger partial charge on any atom is 0.0464 e. The van der Waals surface area contributed by atoms with Crippen LogP contribution in [0.5, 0.6) is 0 Å². The minimum absolute atomic E-state index is 0.0690. The molecule has 0 N–H and O–H groups in total. The van der Waals surface area contributed by atoms with Crippen LogP contribution in [0, 0.1) is 5.92 Å². The van der Waals surface area contributed by atoms with E-state index in [0.29, 0.717) is 5.92 Å². The Kier molecular flexibility index (Phi) is 8.36. The highest BCUT2D eigenvalue weighted by Gasteiger charge is 2.43. The predicted molar refractivity (Wildman–Crippen MR) is 221 cm³/mol. The molecular weight excluding hydrogens is 627 g/mol. The third-order valence-corrected chi connectivity index (χ3v) is 11.8. The van der Waals surface area contributed by atoms with Crippen molar-refractivity contribution in [2.45, 2.75) is 51.4 Å². The van der Waals surface area contributed by atoms with Gasteiger partial charge < -0.3 is 4.90 Å². The number of benzene rings is 5. The quantitative estimate of drug-likeness (QED) is 0.166. The standard InChI is InChI=1S/C51H45N/c1-51(2)49-21-13-12-20-46(49)47-32-26-41(34-50(47)51)48-35-44(31-33-45(48)40-18-10-5-11-19-40)52(42-27-22-38(23-28-42)36-14-6-3-7-15-36)43-29-24-39(25-30-43)37-16-8-4-9-17-37/h3-8,10-16,18-24,26-29,31-33,35,50H,9,17,25,30,34H2,1-2H3. The third kappa shape index (κ3) is 5.85. The Morgan fingerprint density at radius 1 is 0.519 bits per heavy atom. The number of rotatable bonds is 7. The van der Waals surface area contributed by atoms with Crippen LogP contribution >= 0.6 is 0 Å². The van der Waals surface area contributed by atoms with Crippen molar-refractivity contribution in [2.75, 3.05) is 4.90 Å². The molecule has 0 saturated carbocycles. The molecule has 9 rings (SSSR count). The Morgan fingerprint density at radius 2 is 1.19 bits per heavy atom. The molecule has 5 aromatic rings. The van der Waals surface area contributed by atoms with Crippen molar-refractivity contribution in [2.24, 2.45) is 5.92 Å². The van der Waals surface area contributed by atoms with Gasteiger partial charge in [-0.1, -0.05) is 153 Å². The first-order valence-corrected chi connectivity index (χ1v) is 19.0. The second kappa shape index (κ2) is 13.5. The van der Waals surface area contributed by atoms with E-state index in [1.165, 1.54) is 78.3 Å². The lowest BCUT2D eigenvalue weighted by Crippen LogP contribution is -2.25. The molecule has 0 radical (unpaired) electrons. The number of hydrogen-bond acceptors (Lipinski definition) is 1. The van der Waals surface area contributed by atoms with Crippen molar-refractivity contribution in [3.63, 3.8) is 0 Å². The lowest BCUT2D eigenvalue weighted by Gasteiger charge is -2.33. The fraction of sp³-hybridized carbons (Fsp3) is 0.176. The van der Waals surface area contributed by atoms with Gasteiger partial charge >= 0.3 is 0 Å². The van der Waals surface area contributed by atoms with Gasteiger partial charge in [-0.05, 0) is 135 Å². The Hall–Kier alpha value is -5.66. The highest BCUT2D eigenvalue weighted by molar-refractivity contribution is 5.91. The van der Waals surface area contributed by atoms with E-state index in [1.54, 1.807) is 0 Å². The van der Waals surface area contributed by atoms with Crippen LogP contribution in [-0.2, 0) is 5.41 Å². The molecule has 0 bridgehead atoms. The predicted octanol–water partition coefficient (Wildman–Crippen LogP) is 13.8. The minimum Gasteiger partial charge on any atom is -0.314 e. The molecule has 1 unspecified atom stereocenters. The van der Waals surface area contributed by atoms with Crippen LogP contribution in [0.4, 0.5) is 11.4 Å². The van der Waals surface area contributed by atoms with Gasteiger partial charge in [0, 0.05) is 17.1 Å². The number of nitrogens with zero attached hydrogens (tertiary/aromatic N) is 1. The summed E-state index contributed by atoms with van der Waals surface area (Å²) in [6.45, 7) is 4.87. The summed E-state index contributed by atoms with van der Waals surface area (Å²) in [4.78, 5) is 2.51. The summed E-state index contributed by atoms with van der Waals surface area (Å²) in [6.07, 6.45) is 21.7. The largest absolute Gasteiger partial charge is 0.314 e. The molecular formula is C51H45N. The minimum atomic E-state index is 0.0690. The first-order chi connectivity index (χ1) is 25.5. The zero-order valence-corrected chi connectivity index (χ0v) is 30.2. The van der Waals surface area contributed by atoms with E-state index in [9.17, 15) is 0 Å². The summed E-state index contributed by atoms with van der Waals surface area (Å²) in [6, 6.07) is 47.0. The monoisotopic (exact) mass is 671 g/mol. The first-order valence-electron chi connectivity index (χ1n) is 19.0. The average Bonchev–Trinajstić information content (AvgIpc) is 3.45. The van der Waals surface area contributed by atoms with Crippen LogP contribution in [0.3, 0.4) is 0 Å². The lowest BCUT2D eigenvalue weighted by molar-refractivity contribution is 0.418. The smallest absolute Gasteiger partial charge is 0.0464 e. The van der Waals surface area contributed by atoms with Gasteiger partial charge in [0.1, 0.15) is 0 Å². The van der Waals surface area contributed by atoms with Crippen LogP contribution in [0.2, 0.25) is 0 Å². The molecule has 4 aliphatic carbocycles. The van der Waals surface area contributed by atoms with Gasteiger partial charge in [0.05, 0.1) is 0 Å². The summed E-state index contributed by atoms with van der Waals surface area (Å²) in [5, 5.41) is 0. The number of anilines is 2. The summed E-state index contributed by atoms with van der Waals surface area (Å²) in [5.41, 5.74) is 18.9. The van der Waals surface area contributed by atoms with Crippen molar-refractivity contribution in [3.05, 3.63) is 203 Å². The van der Waals surface area contributed by atoms with E-state index in [1.807, 2.05) is 0 Å². The molecule has 0 aromatic heterocycles. The van der Waals surface area contributed by atoms with E-state index in [0.717, 1.165) is 32.1 Å². The summed E-state index contributed by atoms with van der Waals surface area (Å²) in [7, 11) is 0. The highest BCUT2D eigenvalue weighted by Crippen LogP contribution is 2.55. The molecule has 5 aromatic carbocycles. The van der Waals surface area contributed by atoms with Gasteiger partial charge in [0.15, 0.2) is 0 Å². The van der Waals surface area contributed by atoms with Gasteiger partial charge in [-0.15, -0.1) is 0 Å². The number of allylic oxidation sites excluding steroid dienone is 12. The summed E-state index contributed by atoms with van der Waals surface area (Å²) < 4.78 is 0. The Labute approximate surface area is 309 Å². The van der Waals surface area contributed by atoms with Crippen LogP contribution < -0.4 is 4.90 Å². The van der Waals surface area contributed by atoms with Crippen molar-refractivity contribution in [3.8, 4) is 22.3 Å². The van der Waals surface area contributed by atoms with Crippen molar-refractivity contribution >= 4 is 22.5 Å². The second-order valence-electron chi connectivity index (χ2n) is 15.2. The van der Waals surface area contributed by atoms with E-state index in [2.05, 4.69) is 189 Å². The molecule has 0 spiro atoms. The van der Waals surface area contributed by atoms with Gasteiger partial charge in [-0.25, -0.2) is 0 Å². The van der Waals surface area contributed by atoms with E-state index in [4.69, 9.17) is 0 Å². The lowest BCUT2D eigenvalue weighted by atomic mass is 9.71. The first kappa shape index (κ1) is 32.3. The summed E-state index contributed by atoms with van der Waals surface area (Å²) >= 11 is 0. The molecule has 1 atom stereocenters. The maximum absolute atomic E-state index is 2.51. The fourth-order valence-electron chi connectivity index (χ4n) is 8.98. The van der Waals surface area contributed by atoms with Crippen LogP contribution in [0.25, 0.3) is 33.4 Å². The highest BCUT2D eigenvalue weighted by atomic mass is 15.1. The molecule has 4 aliphatic rings. The molecule has 0 saturated heterocycles. The average molecular weight is 672 g/mol. The molecule has 0 amide bonds. The molecule has 254 valence electrons. The van der Waals surface area contributed by atoms with Crippen molar-refractivity contribution in [1.82, 2.24) is 0 Å². The van der Waals surface area contributed by atoms with Gasteiger partial charge in [-0.2, -0.15) is 0 Å². The van der Waals surface area contributed by atoms with Crippen LogP contribution in [0.1, 0.15) is 62.6 Å². The molecule has 0 aliphatic heterocycles. The Morgan fingerprint density at radius 3 is 1.92 bits per heavy atom. The zero-order chi connectivity index (χ0) is 35.1. The van der Waals surface area contributed by atoms with E-state index >= 15 is 0 Å². The van der Waals surface area contributed by atoms with Crippen molar-refractivity contribution < 1.29 is 0 Å². The van der Waals surface area contributed by atoms with Crippen molar-refractivity contribution in [1.29, 1.82) is 0 Å². The Balaban J connectivity index is 1.17. The maximum atomic E-state index is 2.51. The zero-order valence-electron chi connectivity index (χ0n) is 30.2. The second-order valence-corrected chi connectivity index (χ2v) is 15.2. The number of fused-ring (bicyclic) bond motifs is 3. The Bertz CT molecular complexity index is 2320. The van der Waals surface area contributed by atoms with Gasteiger partial charge in [0.2, 0.25) is 0 Å². The van der Waals surface area contributed by atoms with Crippen LogP contribution in [0.15, 0.2) is 187 Å². The molecule has 1 heteroatoms.